The van der Waals surface area contributed by atoms with Crippen molar-refractivity contribution in [1.29, 1.82) is 0 Å². The molecule has 1 aromatic heterocycles. The van der Waals surface area contributed by atoms with Gasteiger partial charge in [-0.25, -0.2) is 9.07 Å². The number of dihydropyridines is 1. The SMILES string of the molecule is O=C1CN(C(=O)c2cc(C3C=C(OC(F)F)C=NC3)n(-c3ccc(F)c(Cl)c3)n2)CN1. The number of carbonyl (C=O) groups is 2. The van der Waals surface area contributed by atoms with Gasteiger partial charge in [-0.1, -0.05) is 11.6 Å². The van der Waals surface area contributed by atoms with E-state index in [1.54, 1.807) is 0 Å². The number of nitrogens with one attached hydrogen (secondary N) is 1. The molecule has 0 aliphatic carbocycles. The van der Waals surface area contributed by atoms with E-state index in [4.69, 9.17) is 11.6 Å². The third-order valence-corrected chi connectivity index (χ3v) is 4.97. The lowest BCUT2D eigenvalue weighted by Gasteiger charge is -2.18. The summed E-state index contributed by atoms with van der Waals surface area (Å²) in [7, 11) is 0. The molecule has 8 nitrogen and oxygen atoms in total. The second-order valence-corrected chi connectivity index (χ2v) is 7.18. The van der Waals surface area contributed by atoms with Gasteiger partial charge in [-0.3, -0.25) is 14.6 Å². The fourth-order valence-electron chi connectivity index (χ4n) is 3.26. The van der Waals surface area contributed by atoms with E-state index in [2.05, 4.69) is 20.1 Å². The van der Waals surface area contributed by atoms with Gasteiger partial charge in [0.25, 0.3) is 5.91 Å². The number of benzene rings is 1. The van der Waals surface area contributed by atoms with E-state index in [0.29, 0.717) is 11.4 Å². The van der Waals surface area contributed by atoms with Crippen molar-refractivity contribution in [3.8, 4) is 5.69 Å². The molecule has 1 unspecified atom stereocenters. The van der Waals surface area contributed by atoms with E-state index in [1.807, 2.05) is 0 Å². The van der Waals surface area contributed by atoms with Gasteiger partial charge in [-0.2, -0.15) is 13.9 Å². The highest BCUT2D eigenvalue weighted by Gasteiger charge is 2.29. The maximum Gasteiger partial charge on any atom is 0.387 e. The molecule has 2 aliphatic heterocycles. The Hall–Kier alpha value is -3.34. The van der Waals surface area contributed by atoms with Gasteiger partial charge in [0, 0.05) is 5.92 Å². The standard InChI is InChI=1S/C19H15ClF3N5O3/c20-13-4-11(1-2-14(13)21)28-16(10-3-12(7-24-6-10)31-19(22)23)5-15(26-28)18(30)27-8-17(29)25-9-27/h1-5,7,10,19H,6,8-9H2,(H,25,29). The van der Waals surface area contributed by atoms with Gasteiger partial charge in [-0.05, 0) is 30.3 Å². The number of amides is 2. The summed E-state index contributed by atoms with van der Waals surface area (Å²) in [5.74, 6) is -2.12. The monoisotopic (exact) mass is 453 g/mol. The van der Waals surface area contributed by atoms with E-state index < -0.39 is 24.3 Å². The molecule has 1 fully saturated rings. The van der Waals surface area contributed by atoms with E-state index >= 15 is 0 Å². The number of aliphatic imine (C=N–C) groups is 1. The van der Waals surface area contributed by atoms with Crippen molar-refractivity contribution < 1.29 is 27.5 Å². The Bertz CT molecular complexity index is 1100. The predicted octanol–water partition coefficient (Wildman–Crippen LogP) is 2.49. The molecule has 2 aromatic rings. The lowest BCUT2D eigenvalue weighted by Crippen LogP contribution is -2.30. The maximum absolute atomic E-state index is 13.6. The second-order valence-electron chi connectivity index (χ2n) is 6.77. The fourth-order valence-corrected chi connectivity index (χ4v) is 3.44. The van der Waals surface area contributed by atoms with Crippen LogP contribution in [0.1, 0.15) is 22.1 Å². The lowest BCUT2D eigenvalue weighted by molar-refractivity contribution is -0.118. The second kappa shape index (κ2) is 8.42. The normalized spacial score (nSPS) is 18.4. The number of hydrogen-bond donors (Lipinski definition) is 1. The van der Waals surface area contributed by atoms with Gasteiger partial charge in [0.15, 0.2) is 5.69 Å². The molecule has 1 N–H and O–H groups in total. The molecule has 0 spiro atoms. The Morgan fingerprint density at radius 2 is 2.13 bits per heavy atom. The van der Waals surface area contributed by atoms with Gasteiger partial charge >= 0.3 is 6.61 Å². The molecule has 1 saturated heterocycles. The van der Waals surface area contributed by atoms with Gasteiger partial charge in [0.2, 0.25) is 5.91 Å². The Kier molecular flexibility index (Phi) is 5.68. The zero-order valence-corrected chi connectivity index (χ0v) is 16.5. The van der Waals surface area contributed by atoms with E-state index in [0.717, 1.165) is 6.07 Å². The van der Waals surface area contributed by atoms with E-state index in [9.17, 15) is 22.8 Å². The number of allylic oxidation sites excluding steroid dienone is 1. The summed E-state index contributed by atoms with van der Waals surface area (Å²) in [6.45, 7) is -2.89. The number of carbonyl (C=O) groups excluding carboxylic acids is 2. The maximum atomic E-state index is 13.6. The zero-order chi connectivity index (χ0) is 22.1. The van der Waals surface area contributed by atoms with Crippen LogP contribution in [0.5, 0.6) is 0 Å². The Morgan fingerprint density at radius 3 is 2.81 bits per heavy atom. The first kappa shape index (κ1) is 20.9. The highest BCUT2D eigenvalue weighted by Crippen LogP contribution is 2.28. The van der Waals surface area contributed by atoms with Crippen LogP contribution in [-0.4, -0.2) is 59.1 Å². The van der Waals surface area contributed by atoms with E-state index in [-0.39, 0.29) is 42.1 Å². The summed E-state index contributed by atoms with van der Waals surface area (Å²) in [4.78, 5) is 29.6. The molecule has 0 bridgehead atoms. The molecular weight excluding hydrogens is 439 g/mol. The van der Waals surface area contributed by atoms with Crippen LogP contribution in [-0.2, 0) is 9.53 Å². The van der Waals surface area contributed by atoms with Crippen LogP contribution in [0.15, 0.2) is 41.1 Å². The van der Waals surface area contributed by atoms with Crippen molar-refractivity contribution >= 4 is 29.6 Å². The van der Waals surface area contributed by atoms with Crippen molar-refractivity contribution in [1.82, 2.24) is 20.0 Å². The molecule has 31 heavy (non-hydrogen) atoms. The lowest BCUT2D eigenvalue weighted by atomic mass is 10.0. The van der Waals surface area contributed by atoms with Crippen LogP contribution in [0.3, 0.4) is 0 Å². The summed E-state index contributed by atoms with van der Waals surface area (Å²) < 4.78 is 44.7. The highest BCUT2D eigenvalue weighted by molar-refractivity contribution is 6.30. The smallest absolute Gasteiger partial charge is 0.387 e. The fraction of sp³-hybridized carbons (Fsp3) is 0.263. The minimum Gasteiger partial charge on any atom is -0.434 e. The van der Waals surface area contributed by atoms with Crippen LogP contribution in [0.4, 0.5) is 13.2 Å². The minimum absolute atomic E-state index is 0.0197. The van der Waals surface area contributed by atoms with Crippen LogP contribution >= 0.6 is 11.6 Å². The average Bonchev–Trinajstić information content (AvgIpc) is 3.36. The molecule has 2 aliphatic rings. The first-order valence-corrected chi connectivity index (χ1v) is 9.47. The molecule has 12 heteroatoms. The number of alkyl halides is 2. The number of aromatic nitrogens is 2. The summed E-state index contributed by atoms with van der Waals surface area (Å²) in [6, 6.07) is 5.37. The number of halogens is 4. The Morgan fingerprint density at radius 1 is 1.32 bits per heavy atom. The van der Waals surface area contributed by atoms with Crippen molar-refractivity contribution in [3.05, 3.63) is 58.3 Å². The van der Waals surface area contributed by atoms with Gasteiger partial charge in [0.05, 0.1) is 35.8 Å². The van der Waals surface area contributed by atoms with Crippen molar-refractivity contribution in [2.75, 3.05) is 19.8 Å². The number of hydrogen-bond acceptors (Lipinski definition) is 5. The third-order valence-electron chi connectivity index (χ3n) is 4.68. The number of ether oxygens (including phenoxy) is 1. The molecule has 1 atom stereocenters. The molecule has 0 saturated carbocycles. The minimum atomic E-state index is -3.02. The van der Waals surface area contributed by atoms with Crippen molar-refractivity contribution in [3.63, 3.8) is 0 Å². The number of rotatable bonds is 5. The van der Waals surface area contributed by atoms with Crippen molar-refractivity contribution in [2.45, 2.75) is 12.5 Å². The molecule has 162 valence electrons. The Balaban J connectivity index is 1.75. The summed E-state index contributed by atoms with van der Waals surface area (Å²) >= 11 is 5.90. The largest absolute Gasteiger partial charge is 0.434 e. The molecule has 0 radical (unpaired) electrons. The first-order chi connectivity index (χ1) is 14.8. The molecule has 3 heterocycles. The highest BCUT2D eigenvalue weighted by atomic mass is 35.5. The topological polar surface area (TPSA) is 88.8 Å². The summed E-state index contributed by atoms with van der Waals surface area (Å²) in [6.07, 6.45) is 2.62. The summed E-state index contributed by atoms with van der Waals surface area (Å²) in [5.41, 5.74) is 0.804. The Labute approximate surface area is 178 Å². The van der Waals surface area contributed by atoms with Crippen LogP contribution < -0.4 is 5.32 Å². The van der Waals surface area contributed by atoms with Gasteiger partial charge in [-0.15, -0.1) is 0 Å². The van der Waals surface area contributed by atoms with Crippen LogP contribution in [0, 0.1) is 5.82 Å². The predicted molar refractivity (Wildman–Crippen MR) is 104 cm³/mol. The van der Waals surface area contributed by atoms with Crippen LogP contribution in [0.2, 0.25) is 5.02 Å². The van der Waals surface area contributed by atoms with Crippen LogP contribution in [0.25, 0.3) is 5.69 Å². The van der Waals surface area contributed by atoms with Crippen molar-refractivity contribution in [2.24, 2.45) is 4.99 Å². The average molecular weight is 454 g/mol. The molecule has 2 amide bonds. The van der Waals surface area contributed by atoms with Gasteiger partial charge < -0.3 is 15.0 Å². The first-order valence-electron chi connectivity index (χ1n) is 9.09. The molecule has 4 rings (SSSR count). The van der Waals surface area contributed by atoms with Gasteiger partial charge in [0.1, 0.15) is 18.1 Å². The zero-order valence-electron chi connectivity index (χ0n) is 15.8. The number of nitrogens with zero attached hydrogens (tertiary/aromatic N) is 4. The molecular formula is C19H15ClF3N5O3. The third kappa shape index (κ3) is 4.41. The quantitative estimate of drug-likeness (QED) is 0.753. The summed E-state index contributed by atoms with van der Waals surface area (Å²) in [5, 5.41) is 6.70. The molecule has 1 aromatic carbocycles. The van der Waals surface area contributed by atoms with E-state index in [1.165, 1.54) is 40.1 Å².